The van der Waals surface area contributed by atoms with Crippen molar-refractivity contribution in [2.75, 3.05) is 5.33 Å². The first-order valence-electron chi connectivity index (χ1n) is 6.19. The molecule has 1 atom stereocenters. The van der Waals surface area contributed by atoms with Crippen LogP contribution in [0.15, 0.2) is 30.3 Å². The van der Waals surface area contributed by atoms with E-state index < -0.39 is 0 Å². The van der Waals surface area contributed by atoms with E-state index in [0.29, 0.717) is 11.8 Å². The van der Waals surface area contributed by atoms with Crippen molar-refractivity contribution in [3.8, 4) is 0 Å². The third-order valence-electron chi connectivity index (χ3n) is 2.78. The Balaban J connectivity index is 2.81. The van der Waals surface area contributed by atoms with E-state index in [1.54, 1.807) is 0 Å². The molecule has 1 aromatic carbocycles. The zero-order valence-electron chi connectivity index (χ0n) is 11.6. The van der Waals surface area contributed by atoms with E-state index in [2.05, 4.69) is 42.0 Å². The highest BCUT2D eigenvalue weighted by atomic mass is 79.9. The fraction of sp³-hybridized carbons (Fsp3) is 0.533. The molecule has 1 unspecified atom stereocenters. The van der Waals surface area contributed by atoms with Gasteiger partial charge in [0, 0.05) is 11.8 Å². The lowest BCUT2D eigenvalue weighted by atomic mass is 9.89. The van der Waals surface area contributed by atoms with Crippen molar-refractivity contribution in [2.24, 2.45) is 5.41 Å². The first-order valence-corrected chi connectivity index (χ1v) is 7.31. The summed E-state index contributed by atoms with van der Waals surface area (Å²) in [5.74, 6) is 0.0910. The summed E-state index contributed by atoms with van der Waals surface area (Å²) in [5, 5.41) is 3.82. The molecule has 0 aromatic heterocycles. The van der Waals surface area contributed by atoms with Gasteiger partial charge in [0.25, 0.3) is 0 Å². The summed E-state index contributed by atoms with van der Waals surface area (Å²) < 4.78 is 0. The molecule has 0 spiro atoms. The van der Waals surface area contributed by atoms with Crippen LogP contribution in [0.3, 0.4) is 0 Å². The fourth-order valence-electron chi connectivity index (χ4n) is 1.82. The number of hydrogen-bond acceptors (Lipinski definition) is 1. The maximum Gasteiger partial charge on any atom is 0.221 e. The summed E-state index contributed by atoms with van der Waals surface area (Å²) in [6, 6.07) is 10.0. The minimum Gasteiger partial charge on any atom is -0.346 e. The summed E-state index contributed by atoms with van der Waals surface area (Å²) in [6.45, 7) is 8.25. The van der Waals surface area contributed by atoms with Crippen LogP contribution in [-0.4, -0.2) is 11.2 Å². The van der Waals surface area contributed by atoms with E-state index in [1.165, 1.54) is 0 Å². The molecule has 0 fully saturated rings. The molecular formula is C15H22BrNO. The molecule has 1 N–H and O–H groups in total. The normalized spacial score (nSPS) is 14.9. The quantitative estimate of drug-likeness (QED) is 0.841. The van der Waals surface area contributed by atoms with Crippen LogP contribution < -0.4 is 5.32 Å². The lowest BCUT2D eigenvalue weighted by Crippen LogP contribution is -2.45. The molecule has 0 saturated carbocycles. The van der Waals surface area contributed by atoms with Crippen molar-refractivity contribution in [3.05, 3.63) is 35.9 Å². The molecule has 3 heteroatoms. The molecule has 0 aliphatic rings. The van der Waals surface area contributed by atoms with E-state index in [0.717, 1.165) is 5.56 Å². The maximum atomic E-state index is 12.1. The summed E-state index contributed by atoms with van der Waals surface area (Å²) in [5.41, 5.74) is 0.765. The number of amides is 1. The largest absolute Gasteiger partial charge is 0.346 e. The molecule has 0 radical (unpaired) electrons. The SMILES string of the molecule is CC(C)(C)CC(=O)NC(C)(CBr)c1ccccc1. The van der Waals surface area contributed by atoms with Gasteiger partial charge in [-0.1, -0.05) is 67.0 Å². The van der Waals surface area contributed by atoms with Crippen LogP contribution in [0.4, 0.5) is 0 Å². The smallest absolute Gasteiger partial charge is 0.221 e. The van der Waals surface area contributed by atoms with Crippen molar-refractivity contribution in [2.45, 2.75) is 39.7 Å². The number of rotatable bonds is 4. The Labute approximate surface area is 118 Å². The second-order valence-corrected chi connectivity index (χ2v) is 6.68. The van der Waals surface area contributed by atoms with Crippen molar-refractivity contribution in [3.63, 3.8) is 0 Å². The van der Waals surface area contributed by atoms with Crippen LogP contribution in [0.1, 0.15) is 39.7 Å². The Morgan fingerprint density at radius 3 is 2.17 bits per heavy atom. The third-order valence-corrected chi connectivity index (χ3v) is 3.91. The van der Waals surface area contributed by atoms with E-state index in [1.807, 2.05) is 37.3 Å². The average Bonchev–Trinajstić information content (AvgIpc) is 2.27. The number of carbonyl (C=O) groups is 1. The Morgan fingerprint density at radius 1 is 1.17 bits per heavy atom. The second-order valence-electron chi connectivity index (χ2n) is 6.12. The third kappa shape index (κ3) is 4.45. The highest BCUT2D eigenvalue weighted by molar-refractivity contribution is 9.09. The molecule has 1 rings (SSSR count). The second kappa shape index (κ2) is 5.87. The summed E-state index contributed by atoms with van der Waals surface area (Å²) >= 11 is 3.50. The average molecular weight is 312 g/mol. The first kappa shape index (κ1) is 15.2. The van der Waals surface area contributed by atoms with E-state index >= 15 is 0 Å². The molecule has 0 aliphatic carbocycles. The van der Waals surface area contributed by atoms with Crippen molar-refractivity contribution < 1.29 is 4.79 Å². The van der Waals surface area contributed by atoms with Crippen LogP contribution >= 0.6 is 15.9 Å². The number of nitrogens with one attached hydrogen (secondary N) is 1. The topological polar surface area (TPSA) is 29.1 Å². The van der Waals surface area contributed by atoms with Gasteiger partial charge in [-0.15, -0.1) is 0 Å². The van der Waals surface area contributed by atoms with Gasteiger partial charge >= 0.3 is 0 Å². The highest BCUT2D eigenvalue weighted by Crippen LogP contribution is 2.25. The minimum absolute atomic E-state index is 0.00793. The maximum absolute atomic E-state index is 12.1. The molecule has 0 bridgehead atoms. The molecule has 0 heterocycles. The van der Waals surface area contributed by atoms with Crippen LogP contribution in [0, 0.1) is 5.41 Å². The van der Waals surface area contributed by atoms with E-state index in [9.17, 15) is 4.79 Å². The van der Waals surface area contributed by atoms with Crippen LogP contribution in [0.5, 0.6) is 0 Å². The molecule has 0 aliphatic heterocycles. The monoisotopic (exact) mass is 311 g/mol. The number of halogens is 1. The van der Waals surface area contributed by atoms with E-state index in [-0.39, 0.29) is 16.9 Å². The van der Waals surface area contributed by atoms with Gasteiger partial charge in [0.05, 0.1) is 5.54 Å². The number of hydrogen-bond donors (Lipinski definition) is 1. The van der Waals surface area contributed by atoms with E-state index in [4.69, 9.17) is 0 Å². The number of benzene rings is 1. The van der Waals surface area contributed by atoms with Gasteiger partial charge in [-0.3, -0.25) is 4.79 Å². The predicted octanol–water partition coefficient (Wildman–Crippen LogP) is 3.85. The Morgan fingerprint density at radius 2 is 1.72 bits per heavy atom. The summed E-state index contributed by atoms with van der Waals surface area (Å²) in [6.07, 6.45) is 0.530. The standard InChI is InChI=1S/C15H22BrNO/c1-14(2,3)10-13(18)17-15(4,11-16)12-8-6-5-7-9-12/h5-9H,10-11H2,1-4H3,(H,17,18). The molecule has 0 saturated heterocycles. The lowest BCUT2D eigenvalue weighted by Gasteiger charge is -2.31. The van der Waals surface area contributed by atoms with Crippen molar-refractivity contribution in [1.29, 1.82) is 0 Å². The summed E-state index contributed by atoms with van der Waals surface area (Å²) in [4.78, 5) is 12.1. The van der Waals surface area contributed by atoms with Crippen LogP contribution in [0.25, 0.3) is 0 Å². The van der Waals surface area contributed by atoms with Crippen LogP contribution in [-0.2, 0) is 10.3 Å². The number of alkyl halides is 1. The van der Waals surface area contributed by atoms with Gasteiger partial charge in [-0.25, -0.2) is 0 Å². The molecular weight excluding hydrogens is 290 g/mol. The van der Waals surface area contributed by atoms with Gasteiger partial charge in [0.15, 0.2) is 0 Å². The van der Waals surface area contributed by atoms with Gasteiger partial charge < -0.3 is 5.32 Å². The fourth-order valence-corrected chi connectivity index (χ4v) is 2.29. The van der Waals surface area contributed by atoms with Gasteiger partial charge in [0.2, 0.25) is 5.91 Å². The minimum atomic E-state index is -0.358. The Bertz CT molecular complexity index is 397. The zero-order chi connectivity index (χ0) is 13.8. The molecule has 1 amide bonds. The number of carbonyl (C=O) groups excluding carboxylic acids is 1. The first-order chi connectivity index (χ1) is 8.27. The van der Waals surface area contributed by atoms with Gasteiger partial charge in [-0.2, -0.15) is 0 Å². The van der Waals surface area contributed by atoms with Gasteiger partial charge in [-0.05, 0) is 17.9 Å². The lowest BCUT2D eigenvalue weighted by molar-refractivity contribution is -0.124. The Hall–Kier alpha value is -0.830. The molecule has 18 heavy (non-hydrogen) atoms. The zero-order valence-corrected chi connectivity index (χ0v) is 13.2. The molecule has 2 nitrogen and oxygen atoms in total. The van der Waals surface area contributed by atoms with Crippen LogP contribution in [0.2, 0.25) is 0 Å². The molecule has 100 valence electrons. The highest BCUT2D eigenvalue weighted by Gasteiger charge is 2.28. The van der Waals surface area contributed by atoms with Gasteiger partial charge in [0.1, 0.15) is 0 Å². The predicted molar refractivity (Wildman–Crippen MR) is 79.8 cm³/mol. The summed E-state index contributed by atoms with van der Waals surface area (Å²) in [7, 11) is 0. The molecule has 1 aromatic rings. The van der Waals surface area contributed by atoms with Crippen molar-refractivity contribution >= 4 is 21.8 Å². The Kier molecular flexibility index (Phi) is 4.97. The van der Waals surface area contributed by atoms with Crippen molar-refractivity contribution in [1.82, 2.24) is 5.32 Å².